The van der Waals surface area contributed by atoms with Crippen molar-refractivity contribution in [2.45, 2.75) is 78.2 Å². The van der Waals surface area contributed by atoms with Gasteiger partial charge in [0.2, 0.25) is 17.7 Å². The quantitative estimate of drug-likeness (QED) is 0.0896. The van der Waals surface area contributed by atoms with Crippen LogP contribution in [0.5, 0.6) is 11.5 Å². The van der Waals surface area contributed by atoms with Crippen LogP contribution < -0.4 is 30.7 Å². The number of nitrogens with one attached hydrogen (secondary N) is 4. The van der Waals surface area contributed by atoms with Gasteiger partial charge in [-0.25, -0.2) is 14.8 Å². The van der Waals surface area contributed by atoms with Gasteiger partial charge < -0.3 is 50.2 Å². The molecule has 1 fully saturated rings. The minimum Gasteiger partial charge on any atom is -0.493 e. The van der Waals surface area contributed by atoms with E-state index in [2.05, 4.69) is 26.3 Å². The van der Waals surface area contributed by atoms with Gasteiger partial charge in [-0.3, -0.25) is 19.2 Å². The number of thiazole rings is 1. The van der Waals surface area contributed by atoms with Crippen molar-refractivity contribution in [3.05, 3.63) is 99.7 Å². The molecule has 0 unspecified atom stereocenters. The number of benzene rings is 3. The number of likely N-dealkylation sites (tertiary alicyclic amines) is 1. The number of hydrogen-bond donors (Lipinski definition) is 5. The van der Waals surface area contributed by atoms with Gasteiger partial charge in [0, 0.05) is 49.8 Å². The molecule has 3 heterocycles. The highest BCUT2D eigenvalue weighted by molar-refractivity contribution is 7.13. The zero-order chi connectivity index (χ0) is 49.1. The molecule has 1 saturated heterocycles. The lowest BCUT2D eigenvalue weighted by molar-refractivity contribution is -0.144. The van der Waals surface area contributed by atoms with Crippen molar-refractivity contribution >= 4 is 46.7 Å². The number of amides is 6. The lowest BCUT2D eigenvalue weighted by Gasteiger charge is -2.35. The second kappa shape index (κ2) is 23.1. The first-order chi connectivity index (χ1) is 32.5. The fourth-order valence-electron chi connectivity index (χ4n) is 8.03. The van der Waals surface area contributed by atoms with E-state index >= 15 is 0 Å². The summed E-state index contributed by atoms with van der Waals surface area (Å²) in [5.74, 6) is -0.622. The van der Waals surface area contributed by atoms with E-state index in [-0.39, 0.29) is 70.5 Å². The fourth-order valence-corrected chi connectivity index (χ4v) is 8.85. The molecule has 0 radical (unpaired) electrons. The predicted octanol–water partition coefficient (Wildman–Crippen LogP) is 4.05. The van der Waals surface area contributed by atoms with Gasteiger partial charge in [0.05, 0.1) is 68.0 Å². The molecule has 4 atom stereocenters. The highest BCUT2D eigenvalue weighted by atomic mass is 32.1. The molecule has 0 bridgehead atoms. The molecule has 18 nitrogen and oxygen atoms in total. The molecule has 6 amide bonds. The first kappa shape index (κ1) is 51.0. The van der Waals surface area contributed by atoms with Crippen LogP contribution in [-0.2, 0) is 36.8 Å². The molecule has 6 rings (SSSR count). The zero-order valence-corrected chi connectivity index (χ0v) is 40.7. The molecule has 4 aromatic rings. The van der Waals surface area contributed by atoms with E-state index in [0.717, 1.165) is 32.8 Å². The number of hydrogen-bond acceptors (Lipinski definition) is 13. The first-order valence-corrected chi connectivity index (χ1v) is 23.3. The van der Waals surface area contributed by atoms with Crippen molar-refractivity contribution in [3.63, 3.8) is 0 Å². The summed E-state index contributed by atoms with van der Waals surface area (Å²) in [4.78, 5) is 73.1. The highest BCUT2D eigenvalue weighted by Gasteiger charge is 2.44. The van der Waals surface area contributed by atoms with E-state index < -0.39 is 41.3 Å². The Hall–Kier alpha value is -6.41. The largest absolute Gasteiger partial charge is 0.493 e. The summed E-state index contributed by atoms with van der Waals surface area (Å²) in [7, 11) is 4.67. The van der Waals surface area contributed by atoms with Crippen molar-refractivity contribution in [1.82, 2.24) is 36.2 Å². The molecular formula is C49H62N8O10S. The minimum atomic E-state index is -1.00. The Morgan fingerprint density at radius 2 is 1.59 bits per heavy atom. The number of methoxy groups -OCH3 is 2. The van der Waals surface area contributed by atoms with Crippen molar-refractivity contribution < 1.29 is 48.0 Å². The number of aliphatic hydroxyl groups is 1. The molecule has 3 aromatic carbocycles. The molecule has 364 valence electrons. The third-order valence-electron chi connectivity index (χ3n) is 11.7. The van der Waals surface area contributed by atoms with E-state index in [0.29, 0.717) is 34.8 Å². The van der Waals surface area contributed by atoms with Gasteiger partial charge in [0.25, 0.3) is 5.91 Å². The number of carbonyl (C=O) groups is 5. The van der Waals surface area contributed by atoms with Crippen molar-refractivity contribution in [2.75, 3.05) is 60.8 Å². The number of aromatic nitrogens is 1. The second-order valence-corrected chi connectivity index (χ2v) is 18.6. The van der Waals surface area contributed by atoms with Gasteiger partial charge in [-0.15, -0.1) is 11.3 Å². The van der Waals surface area contributed by atoms with Crippen LogP contribution >= 0.6 is 11.3 Å². The van der Waals surface area contributed by atoms with Crippen LogP contribution in [0.2, 0.25) is 0 Å². The van der Waals surface area contributed by atoms with Crippen LogP contribution in [0.15, 0.2) is 71.3 Å². The Kier molecular flexibility index (Phi) is 17.3. The summed E-state index contributed by atoms with van der Waals surface area (Å²) >= 11 is 1.56. The summed E-state index contributed by atoms with van der Waals surface area (Å²) in [6, 6.07) is 15.9. The molecule has 2 aliphatic heterocycles. The van der Waals surface area contributed by atoms with E-state index in [4.69, 9.17) is 24.0 Å². The van der Waals surface area contributed by atoms with Gasteiger partial charge in [-0.05, 0) is 66.6 Å². The Morgan fingerprint density at radius 3 is 2.24 bits per heavy atom. The number of β-amino-alcohol motifs (C(OH)–C–C–N with tert-alkyl or cyclic N) is 1. The standard InChI is InChI=1S/C49H62N8O10S/c1-29-21-35-22-39(64-7)40(65-8)24-37(35)42(55-57(29)48(63)50-6)32-13-15-34(16-14-32)45(60)51-17-18-66-19-20-67-27-41(59)54-44(49(3,4)5)47(62)56-26-36(58)23-38(56)46(61)52-25-31-9-11-33(12-10-31)43-30(2)53-28-68-43/h9-16,22,24,28-29,36,38,44,58H,17-21,23,25-27H2,1-8H3,(H,50,63)(H,51,60)(H,52,61)(H,54,59)/t29-,36+,38-,44+/m0/s1. The van der Waals surface area contributed by atoms with E-state index in [1.807, 2.05) is 71.0 Å². The number of nitrogens with zero attached hydrogens (tertiary/aromatic N) is 4. The summed E-state index contributed by atoms with van der Waals surface area (Å²) in [6.07, 6.45) is -0.301. The Bertz CT molecular complexity index is 2450. The molecule has 19 heteroatoms. The van der Waals surface area contributed by atoms with Crippen LogP contribution in [0.3, 0.4) is 0 Å². The number of fused-ring (bicyclic) bond motifs is 1. The zero-order valence-electron chi connectivity index (χ0n) is 39.8. The van der Waals surface area contributed by atoms with E-state index in [1.165, 1.54) is 9.91 Å². The predicted molar refractivity (Wildman–Crippen MR) is 257 cm³/mol. The smallest absolute Gasteiger partial charge is 0.337 e. The van der Waals surface area contributed by atoms with Crippen molar-refractivity contribution in [2.24, 2.45) is 10.5 Å². The maximum absolute atomic E-state index is 14.0. The molecule has 0 aliphatic carbocycles. The molecule has 0 saturated carbocycles. The Balaban J connectivity index is 0.936. The number of carbonyl (C=O) groups excluding carboxylic acids is 5. The number of urea groups is 1. The van der Waals surface area contributed by atoms with Crippen molar-refractivity contribution in [1.29, 1.82) is 0 Å². The average molecular weight is 955 g/mol. The van der Waals surface area contributed by atoms with Gasteiger partial charge in [0.1, 0.15) is 18.7 Å². The minimum absolute atomic E-state index is 0.0404. The van der Waals surface area contributed by atoms with Crippen molar-refractivity contribution in [3.8, 4) is 21.9 Å². The molecule has 2 aliphatic rings. The van der Waals surface area contributed by atoms with Gasteiger partial charge >= 0.3 is 6.03 Å². The number of aliphatic hydroxyl groups excluding tert-OH is 1. The third-order valence-corrected chi connectivity index (χ3v) is 12.7. The van der Waals surface area contributed by atoms with Crippen LogP contribution in [0.1, 0.15) is 72.4 Å². The highest BCUT2D eigenvalue weighted by Crippen LogP contribution is 2.35. The SMILES string of the molecule is CNC(=O)N1N=C(c2ccc(C(=O)NCCOCCOCC(=O)N[C@H](C(=O)N3C[C@H](O)C[C@H]3C(=O)NCc3ccc(-c4scnc4C)cc3)C(C)(C)C)cc2)c2cc(OC)c(OC)cc2C[C@@H]1C. The molecule has 0 spiro atoms. The molecule has 68 heavy (non-hydrogen) atoms. The van der Waals surface area contributed by atoms with Crippen LogP contribution in [0.25, 0.3) is 10.4 Å². The van der Waals surface area contributed by atoms with Gasteiger partial charge in [-0.1, -0.05) is 57.2 Å². The Labute approximate surface area is 400 Å². The number of hydrazone groups is 1. The van der Waals surface area contributed by atoms with E-state index in [9.17, 15) is 29.1 Å². The molecule has 1 aromatic heterocycles. The lowest BCUT2D eigenvalue weighted by Crippen LogP contribution is -2.58. The number of rotatable bonds is 18. The second-order valence-electron chi connectivity index (χ2n) is 17.7. The number of aryl methyl sites for hydroxylation is 1. The maximum atomic E-state index is 14.0. The van der Waals surface area contributed by atoms with Crippen LogP contribution in [0.4, 0.5) is 4.79 Å². The summed E-state index contributed by atoms with van der Waals surface area (Å²) in [5.41, 5.74) is 7.27. The van der Waals surface area contributed by atoms with E-state index in [1.54, 1.807) is 62.4 Å². The first-order valence-electron chi connectivity index (χ1n) is 22.5. The monoisotopic (exact) mass is 954 g/mol. The molecule has 5 N–H and O–H groups in total. The van der Waals surface area contributed by atoms with Crippen LogP contribution in [0, 0.1) is 12.3 Å². The average Bonchev–Trinajstić information content (AvgIpc) is 3.91. The summed E-state index contributed by atoms with van der Waals surface area (Å²) < 4.78 is 22.3. The third kappa shape index (κ3) is 12.6. The van der Waals surface area contributed by atoms with Gasteiger partial charge in [-0.2, -0.15) is 5.10 Å². The normalized spacial score (nSPS) is 17.3. The lowest BCUT2D eigenvalue weighted by atomic mass is 9.85. The summed E-state index contributed by atoms with van der Waals surface area (Å²) in [6.45, 7) is 9.77. The molecular weight excluding hydrogens is 893 g/mol. The number of ether oxygens (including phenoxy) is 4. The topological polar surface area (TPSA) is 222 Å². The fraction of sp³-hybridized carbons (Fsp3) is 0.449. The van der Waals surface area contributed by atoms with Crippen LogP contribution in [-0.4, -0.2) is 140 Å². The Morgan fingerprint density at radius 1 is 0.912 bits per heavy atom. The van der Waals surface area contributed by atoms with Gasteiger partial charge in [0.15, 0.2) is 11.5 Å². The summed E-state index contributed by atoms with van der Waals surface area (Å²) in [5, 5.41) is 27.9. The maximum Gasteiger partial charge on any atom is 0.337 e.